The second-order valence-electron chi connectivity index (χ2n) is 4.88. The molecule has 3 rings (SSSR count). The smallest absolute Gasteiger partial charge is 0.311 e. The van der Waals surface area contributed by atoms with Gasteiger partial charge in [0.25, 0.3) is 0 Å². The molecule has 0 amide bonds. The highest BCUT2D eigenvalue weighted by molar-refractivity contribution is 5.57. The van der Waals surface area contributed by atoms with Gasteiger partial charge >= 0.3 is 5.69 Å². The Morgan fingerprint density at radius 3 is 3.11 bits per heavy atom. The van der Waals surface area contributed by atoms with Gasteiger partial charge in [0, 0.05) is 37.9 Å². The highest BCUT2D eigenvalue weighted by Crippen LogP contribution is 2.29. The van der Waals surface area contributed by atoms with Crippen LogP contribution in [-0.4, -0.2) is 47.0 Å². The number of fused-ring (bicyclic) bond motifs is 1. The molecule has 0 aliphatic carbocycles. The van der Waals surface area contributed by atoms with Crippen molar-refractivity contribution in [2.75, 3.05) is 31.1 Å². The third-order valence-corrected chi connectivity index (χ3v) is 3.85. The maximum absolute atomic E-state index is 11.0. The topological polar surface area (TPSA) is 62.5 Å². The van der Waals surface area contributed by atoms with E-state index < -0.39 is 0 Å². The standard InChI is InChI=1S/C12H16N4O2/c17-16(18)11-4-1-5-13-12(11)15-8-7-14-6-2-3-10(14)9-15/h1,4-5,10H,2-3,6-9H2/t10-/m0/s1. The molecule has 0 N–H and O–H groups in total. The van der Waals surface area contributed by atoms with Gasteiger partial charge in [0.1, 0.15) is 0 Å². The quantitative estimate of drug-likeness (QED) is 0.582. The predicted molar refractivity (Wildman–Crippen MR) is 67.7 cm³/mol. The van der Waals surface area contributed by atoms with Gasteiger partial charge in [-0.1, -0.05) is 0 Å². The number of anilines is 1. The first kappa shape index (κ1) is 11.4. The molecule has 0 spiro atoms. The summed E-state index contributed by atoms with van der Waals surface area (Å²) in [5.41, 5.74) is 0.115. The molecule has 6 nitrogen and oxygen atoms in total. The third kappa shape index (κ3) is 1.92. The van der Waals surface area contributed by atoms with Gasteiger partial charge < -0.3 is 4.90 Å². The van der Waals surface area contributed by atoms with E-state index in [2.05, 4.69) is 14.8 Å². The molecule has 2 saturated heterocycles. The SMILES string of the molecule is O=[N+]([O-])c1cccnc1N1CCN2CCC[C@H]2C1. The van der Waals surface area contributed by atoms with Crippen LogP contribution in [0.5, 0.6) is 0 Å². The minimum atomic E-state index is -0.344. The lowest BCUT2D eigenvalue weighted by Crippen LogP contribution is -2.50. The summed E-state index contributed by atoms with van der Waals surface area (Å²) >= 11 is 0. The van der Waals surface area contributed by atoms with E-state index in [1.54, 1.807) is 12.3 Å². The summed E-state index contributed by atoms with van der Waals surface area (Å²) in [4.78, 5) is 19.4. The molecule has 0 saturated carbocycles. The second-order valence-corrected chi connectivity index (χ2v) is 4.88. The summed E-state index contributed by atoms with van der Waals surface area (Å²) in [6, 6.07) is 3.69. The zero-order chi connectivity index (χ0) is 12.5. The highest BCUT2D eigenvalue weighted by atomic mass is 16.6. The lowest BCUT2D eigenvalue weighted by Gasteiger charge is -2.37. The van der Waals surface area contributed by atoms with Crippen molar-refractivity contribution in [1.29, 1.82) is 0 Å². The number of rotatable bonds is 2. The average Bonchev–Trinajstić information content (AvgIpc) is 2.85. The van der Waals surface area contributed by atoms with Gasteiger partial charge in [0.15, 0.2) is 0 Å². The average molecular weight is 248 g/mol. The molecule has 0 bridgehead atoms. The van der Waals surface area contributed by atoms with E-state index in [-0.39, 0.29) is 10.6 Å². The predicted octanol–water partition coefficient (Wildman–Crippen LogP) is 1.27. The zero-order valence-corrected chi connectivity index (χ0v) is 10.2. The van der Waals surface area contributed by atoms with Crippen molar-refractivity contribution in [3.63, 3.8) is 0 Å². The van der Waals surface area contributed by atoms with Crippen molar-refractivity contribution < 1.29 is 4.92 Å². The van der Waals surface area contributed by atoms with E-state index in [0.29, 0.717) is 11.9 Å². The van der Waals surface area contributed by atoms with E-state index >= 15 is 0 Å². The molecule has 96 valence electrons. The molecule has 2 aliphatic rings. The van der Waals surface area contributed by atoms with Gasteiger partial charge in [-0.15, -0.1) is 0 Å². The van der Waals surface area contributed by atoms with Gasteiger partial charge in [-0.25, -0.2) is 4.98 Å². The Labute approximate surface area is 105 Å². The lowest BCUT2D eigenvalue weighted by molar-refractivity contribution is -0.384. The molecule has 6 heteroatoms. The van der Waals surface area contributed by atoms with Gasteiger partial charge in [-0.2, -0.15) is 0 Å². The van der Waals surface area contributed by atoms with E-state index in [1.165, 1.54) is 25.5 Å². The number of pyridine rings is 1. The van der Waals surface area contributed by atoms with Gasteiger partial charge in [-0.3, -0.25) is 15.0 Å². The summed E-state index contributed by atoms with van der Waals surface area (Å²) in [6.07, 6.45) is 4.06. The van der Waals surface area contributed by atoms with Crippen molar-refractivity contribution in [3.8, 4) is 0 Å². The molecule has 0 unspecified atom stereocenters. The van der Waals surface area contributed by atoms with E-state index in [9.17, 15) is 10.1 Å². The van der Waals surface area contributed by atoms with Crippen LogP contribution in [-0.2, 0) is 0 Å². The molecule has 1 atom stereocenters. The second kappa shape index (κ2) is 4.53. The van der Waals surface area contributed by atoms with Gasteiger partial charge in [0.05, 0.1) is 4.92 Å². The van der Waals surface area contributed by atoms with Crippen LogP contribution in [0.25, 0.3) is 0 Å². The molecule has 2 fully saturated rings. The first-order chi connectivity index (χ1) is 8.75. The van der Waals surface area contributed by atoms with Crippen LogP contribution in [0.15, 0.2) is 18.3 Å². The molecule has 3 heterocycles. The minimum absolute atomic E-state index is 0.115. The molecular formula is C12H16N4O2. The summed E-state index contributed by atoms with van der Waals surface area (Å²) in [6.45, 7) is 3.84. The van der Waals surface area contributed by atoms with Gasteiger partial charge in [0.2, 0.25) is 5.82 Å². The Morgan fingerprint density at radius 2 is 2.28 bits per heavy atom. The number of aromatic nitrogens is 1. The fraction of sp³-hybridized carbons (Fsp3) is 0.583. The molecule has 1 aromatic rings. The Hall–Kier alpha value is -1.69. The third-order valence-electron chi connectivity index (χ3n) is 3.85. The summed E-state index contributed by atoms with van der Waals surface area (Å²) in [5.74, 6) is 0.522. The Bertz CT molecular complexity index is 465. The first-order valence-corrected chi connectivity index (χ1v) is 6.34. The largest absolute Gasteiger partial charge is 0.348 e. The molecule has 1 aromatic heterocycles. The Balaban J connectivity index is 1.85. The fourth-order valence-corrected chi connectivity index (χ4v) is 2.96. The molecular weight excluding hydrogens is 232 g/mol. The number of nitrogens with zero attached hydrogens (tertiary/aromatic N) is 4. The van der Waals surface area contributed by atoms with E-state index in [1.807, 2.05) is 0 Å². The molecule has 0 aromatic carbocycles. The number of hydrogen-bond donors (Lipinski definition) is 0. The zero-order valence-electron chi connectivity index (χ0n) is 10.2. The van der Waals surface area contributed by atoms with Crippen LogP contribution in [0.1, 0.15) is 12.8 Å². The van der Waals surface area contributed by atoms with Crippen molar-refractivity contribution >= 4 is 11.5 Å². The van der Waals surface area contributed by atoms with Crippen molar-refractivity contribution in [2.45, 2.75) is 18.9 Å². The highest BCUT2D eigenvalue weighted by Gasteiger charge is 2.33. The lowest BCUT2D eigenvalue weighted by atomic mass is 10.1. The minimum Gasteiger partial charge on any atom is -0.348 e. The Kier molecular flexibility index (Phi) is 2.87. The molecule has 18 heavy (non-hydrogen) atoms. The summed E-state index contributed by atoms with van der Waals surface area (Å²) < 4.78 is 0. The van der Waals surface area contributed by atoms with Crippen LogP contribution in [0.3, 0.4) is 0 Å². The maximum Gasteiger partial charge on any atom is 0.311 e. The van der Waals surface area contributed by atoms with Crippen LogP contribution in [0.4, 0.5) is 11.5 Å². The molecule has 2 aliphatic heterocycles. The van der Waals surface area contributed by atoms with Crippen molar-refractivity contribution in [2.24, 2.45) is 0 Å². The van der Waals surface area contributed by atoms with Crippen molar-refractivity contribution in [3.05, 3.63) is 28.4 Å². The van der Waals surface area contributed by atoms with Crippen molar-refractivity contribution in [1.82, 2.24) is 9.88 Å². The fourth-order valence-electron chi connectivity index (χ4n) is 2.96. The normalized spacial score (nSPS) is 24.0. The number of nitro groups is 1. The van der Waals surface area contributed by atoms with Crippen LogP contribution in [0.2, 0.25) is 0 Å². The number of hydrogen-bond acceptors (Lipinski definition) is 5. The van der Waals surface area contributed by atoms with Crippen LogP contribution in [0, 0.1) is 10.1 Å². The van der Waals surface area contributed by atoms with E-state index in [0.717, 1.165) is 19.6 Å². The van der Waals surface area contributed by atoms with Crippen LogP contribution < -0.4 is 4.90 Å². The first-order valence-electron chi connectivity index (χ1n) is 6.34. The van der Waals surface area contributed by atoms with E-state index in [4.69, 9.17) is 0 Å². The summed E-state index contributed by atoms with van der Waals surface area (Å²) in [7, 11) is 0. The monoisotopic (exact) mass is 248 g/mol. The van der Waals surface area contributed by atoms with Crippen LogP contribution >= 0.6 is 0 Å². The number of piperazine rings is 1. The van der Waals surface area contributed by atoms with Gasteiger partial charge in [-0.05, 0) is 25.5 Å². The Morgan fingerprint density at radius 1 is 1.39 bits per heavy atom. The summed E-state index contributed by atoms with van der Waals surface area (Å²) in [5, 5.41) is 11.0. The molecule has 0 radical (unpaired) electrons. The maximum atomic E-state index is 11.0.